The molecule has 7 nitrogen and oxygen atoms in total. The number of nitrogens with zero attached hydrogens (tertiary/aromatic N) is 1. The van der Waals surface area contributed by atoms with Crippen LogP contribution in [0.2, 0.25) is 0 Å². The first-order valence-electron chi connectivity index (χ1n) is 7.46. The van der Waals surface area contributed by atoms with Crippen LogP contribution in [0.5, 0.6) is 5.06 Å². The van der Waals surface area contributed by atoms with Gasteiger partial charge >= 0.3 is 6.09 Å². The van der Waals surface area contributed by atoms with E-state index in [2.05, 4.69) is 15.0 Å². The molecule has 0 radical (unpaired) electrons. The van der Waals surface area contributed by atoms with Gasteiger partial charge in [-0.1, -0.05) is 30.3 Å². The van der Waals surface area contributed by atoms with Gasteiger partial charge in [0.05, 0.1) is 4.90 Å². The zero-order chi connectivity index (χ0) is 18.6. The standard InChI is InChI=1S/C16H15N3O4S3/c1-11-13(26(21,22)18-10-12-5-3-2-4-6-12)9-14(25-11)23-16(20)19-15-17-7-8-24-15/h2-9,18H,10H2,1H3,(H,17,19,20). The van der Waals surface area contributed by atoms with Crippen molar-refractivity contribution in [1.29, 1.82) is 0 Å². The summed E-state index contributed by atoms with van der Waals surface area (Å²) >= 11 is 2.34. The van der Waals surface area contributed by atoms with Gasteiger partial charge in [-0.25, -0.2) is 22.9 Å². The number of anilines is 1. The number of thiophene rings is 1. The maximum Gasteiger partial charge on any atom is 0.419 e. The van der Waals surface area contributed by atoms with Crippen molar-refractivity contribution in [2.24, 2.45) is 0 Å². The number of hydrogen-bond donors (Lipinski definition) is 2. The summed E-state index contributed by atoms with van der Waals surface area (Å²) in [6.07, 6.45) is 0.834. The zero-order valence-electron chi connectivity index (χ0n) is 13.6. The number of rotatable bonds is 6. The highest BCUT2D eigenvalue weighted by atomic mass is 32.2. The number of carbonyl (C=O) groups excluding carboxylic acids is 1. The first-order valence-corrected chi connectivity index (χ1v) is 10.6. The predicted octanol–water partition coefficient (Wildman–Crippen LogP) is 3.60. The molecule has 3 aromatic rings. The number of carbonyl (C=O) groups is 1. The lowest BCUT2D eigenvalue weighted by molar-refractivity contribution is 0.216. The summed E-state index contributed by atoms with van der Waals surface area (Å²) in [6, 6.07) is 10.6. The third-order valence-electron chi connectivity index (χ3n) is 3.28. The van der Waals surface area contributed by atoms with E-state index in [9.17, 15) is 13.2 Å². The molecule has 0 aliphatic rings. The van der Waals surface area contributed by atoms with Crippen molar-refractivity contribution >= 4 is 43.9 Å². The molecule has 1 aromatic carbocycles. The molecule has 1 amide bonds. The number of nitrogens with one attached hydrogen (secondary N) is 2. The summed E-state index contributed by atoms with van der Waals surface area (Å²) in [4.78, 5) is 16.4. The third kappa shape index (κ3) is 4.67. The van der Waals surface area contributed by atoms with Gasteiger partial charge in [0.2, 0.25) is 10.0 Å². The highest BCUT2D eigenvalue weighted by molar-refractivity contribution is 7.89. The Labute approximate surface area is 158 Å². The summed E-state index contributed by atoms with van der Waals surface area (Å²) in [7, 11) is -3.72. The van der Waals surface area contributed by atoms with E-state index in [-0.39, 0.29) is 16.5 Å². The van der Waals surface area contributed by atoms with Gasteiger partial charge in [-0.2, -0.15) is 0 Å². The number of amides is 1. The maximum absolute atomic E-state index is 12.5. The van der Waals surface area contributed by atoms with Crippen LogP contribution in [0, 0.1) is 6.92 Å². The molecule has 136 valence electrons. The fourth-order valence-corrected chi connectivity index (χ4v) is 5.05. The van der Waals surface area contributed by atoms with E-state index in [1.54, 1.807) is 18.5 Å². The van der Waals surface area contributed by atoms with Crippen LogP contribution in [-0.4, -0.2) is 19.5 Å². The van der Waals surface area contributed by atoms with Crippen molar-refractivity contribution in [2.75, 3.05) is 5.32 Å². The molecule has 0 saturated heterocycles. The van der Waals surface area contributed by atoms with E-state index in [1.165, 1.54) is 17.4 Å². The van der Waals surface area contributed by atoms with Crippen LogP contribution in [0.15, 0.2) is 52.9 Å². The van der Waals surface area contributed by atoms with Crippen LogP contribution in [0.25, 0.3) is 0 Å². The SMILES string of the molecule is Cc1sc(OC(=O)Nc2nccs2)cc1S(=O)(=O)NCc1ccccc1. The van der Waals surface area contributed by atoms with Crippen LogP contribution < -0.4 is 14.8 Å². The smallest absolute Gasteiger partial charge is 0.399 e. The number of sulfonamides is 1. The van der Waals surface area contributed by atoms with Crippen molar-refractivity contribution < 1.29 is 17.9 Å². The van der Waals surface area contributed by atoms with Crippen LogP contribution in [-0.2, 0) is 16.6 Å². The average Bonchev–Trinajstić information content (AvgIpc) is 3.24. The van der Waals surface area contributed by atoms with Gasteiger partial charge in [0.1, 0.15) is 0 Å². The number of ether oxygens (including phenoxy) is 1. The van der Waals surface area contributed by atoms with E-state index < -0.39 is 16.1 Å². The molecular formula is C16H15N3O4S3. The van der Waals surface area contributed by atoms with Crippen LogP contribution in [0.1, 0.15) is 10.4 Å². The summed E-state index contributed by atoms with van der Waals surface area (Å²) in [5, 5.41) is 4.78. The fourth-order valence-electron chi connectivity index (χ4n) is 2.10. The van der Waals surface area contributed by atoms with E-state index in [4.69, 9.17) is 4.74 Å². The van der Waals surface area contributed by atoms with Crippen LogP contribution in [0.3, 0.4) is 0 Å². The van der Waals surface area contributed by atoms with Crippen molar-refractivity contribution in [3.05, 3.63) is 58.4 Å². The number of thiazole rings is 1. The Hall–Kier alpha value is -2.27. The molecule has 2 heterocycles. The van der Waals surface area contributed by atoms with Gasteiger partial charge in [0.25, 0.3) is 0 Å². The molecular weight excluding hydrogens is 394 g/mol. The van der Waals surface area contributed by atoms with Crippen molar-refractivity contribution in [2.45, 2.75) is 18.4 Å². The number of aryl methyl sites for hydroxylation is 1. The molecule has 0 unspecified atom stereocenters. The molecule has 0 atom stereocenters. The van der Waals surface area contributed by atoms with Crippen molar-refractivity contribution in [3.63, 3.8) is 0 Å². The highest BCUT2D eigenvalue weighted by Crippen LogP contribution is 2.32. The van der Waals surface area contributed by atoms with E-state index in [0.717, 1.165) is 16.9 Å². The average molecular weight is 410 g/mol. The molecule has 26 heavy (non-hydrogen) atoms. The fraction of sp³-hybridized carbons (Fsp3) is 0.125. The van der Waals surface area contributed by atoms with E-state index in [0.29, 0.717) is 10.0 Å². The molecule has 0 aliphatic heterocycles. The Morgan fingerprint density at radius 3 is 2.73 bits per heavy atom. The zero-order valence-corrected chi connectivity index (χ0v) is 16.1. The molecule has 2 N–H and O–H groups in total. The lowest BCUT2D eigenvalue weighted by atomic mass is 10.2. The third-order valence-corrected chi connectivity index (χ3v) is 6.56. The molecule has 0 fully saturated rings. The van der Waals surface area contributed by atoms with Gasteiger partial charge in [0, 0.05) is 29.1 Å². The second kappa shape index (κ2) is 7.96. The first kappa shape index (κ1) is 18.5. The minimum Gasteiger partial charge on any atom is -0.399 e. The van der Waals surface area contributed by atoms with Crippen LogP contribution in [0.4, 0.5) is 9.93 Å². The number of aromatic nitrogens is 1. The number of hydrogen-bond acceptors (Lipinski definition) is 7. The largest absolute Gasteiger partial charge is 0.419 e. The Balaban J connectivity index is 1.67. The van der Waals surface area contributed by atoms with Crippen LogP contribution >= 0.6 is 22.7 Å². The normalized spacial score (nSPS) is 11.3. The van der Waals surface area contributed by atoms with Gasteiger partial charge in [-0.3, -0.25) is 5.32 Å². The molecule has 2 aromatic heterocycles. The van der Waals surface area contributed by atoms with E-state index >= 15 is 0 Å². The molecule has 10 heteroatoms. The summed E-state index contributed by atoms with van der Waals surface area (Å²) in [6.45, 7) is 1.84. The summed E-state index contributed by atoms with van der Waals surface area (Å²) < 4.78 is 32.7. The highest BCUT2D eigenvalue weighted by Gasteiger charge is 2.21. The Morgan fingerprint density at radius 2 is 2.04 bits per heavy atom. The second-order valence-corrected chi connectivity index (χ2v) is 9.00. The van der Waals surface area contributed by atoms with Crippen molar-refractivity contribution in [1.82, 2.24) is 9.71 Å². The second-order valence-electron chi connectivity index (χ2n) is 5.15. The van der Waals surface area contributed by atoms with E-state index in [1.807, 2.05) is 30.3 Å². The Bertz CT molecular complexity index is 983. The molecule has 0 aliphatic carbocycles. The number of benzene rings is 1. The minimum absolute atomic E-state index is 0.0930. The minimum atomic E-state index is -3.72. The molecule has 0 spiro atoms. The lowest BCUT2D eigenvalue weighted by Crippen LogP contribution is -2.23. The Morgan fingerprint density at radius 1 is 1.27 bits per heavy atom. The van der Waals surface area contributed by atoms with Gasteiger partial charge < -0.3 is 4.74 Å². The van der Waals surface area contributed by atoms with Gasteiger partial charge in [0.15, 0.2) is 10.2 Å². The molecule has 3 rings (SSSR count). The topological polar surface area (TPSA) is 97.4 Å². The Kier molecular flexibility index (Phi) is 5.67. The maximum atomic E-state index is 12.5. The first-order chi connectivity index (χ1) is 12.4. The molecule has 0 saturated carbocycles. The van der Waals surface area contributed by atoms with Gasteiger partial charge in [-0.05, 0) is 12.5 Å². The lowest BCUT2D eigenvalue weighted by Gasteiger charge is -2.06. The summed E-state index contributed by atoms with van der Waals surface area (Å²) in [5.41, 5.74) is 0.850. The monoisotopic (exact) mass is 409 g/mol. The van der Waals surface area contributed by atoms with Gasteiger partial charge in [-0.15, -0.1) is 22.7 Å². The quantitative estimate of drug-likeness (QED) is 0.648. The molecule has 0 bridgehead atoms. The summed E-state index contributed by atoms with van der Waals surface area (Å²) in [5.74, 6) is 0. The van der Waals surface area contributed by atoms with Crippen molar-refractivity contribution in [3.8, 4) is 5.06 Å². The predicted molar refractivity (Wildman–Crippen MR) is 101 cm³/mol.